The zero-order valence-electron chi connectivity index (χ0n) is 16.3. The Balaban J connectivity index is 2.16. The Bertz CT molecular complexity index is 1510. The van der Waals surface area contributed by atoms with Gasteiger partial charge < -0.3 is 4.57 Å². The van der Waals surface area contributed by atoms with Gasteiger partial charge in [0.2, 0.25) is 9.84 Å². The maximum Gasteiger partial charge on any atom is 0.267 e. The first-order valence-corrected chi connectivity index (χ1v) is 11.2. The number of nitrogens with one attached hydrogen (secondary N) is 1. The summed E-state index contributed by atoms with van der Waals surface area (Å²) in [6.07, 6.45) is 2.21. The molecule has 1 atom stereocenters. The van der Waals surface area contributed by atoms with Crippen LogP contribution in [-0.4, -0.2) is 22.4 Å². The number of fused-ring (bicyclic) bond motifs is 2. The van der Waals surface area contributed by atoms with Crippen molar-refractivity contribution in [2.75, 3.05) is 0 Å². The SMILES string of the molecule is CC[C@@H](C)n1c(=N)c(S(=O)(=O)c2ccc(Cl)cc2)cc2c(=O)n3ccccc3nc21. The number of sulfone groups is 1. The van der Waals surface area contributed by atoms with Crippen molar-refractivity contribution in [1.29, 1.82) is 5.41 Å². The molecular formula is C21H19ClN4O3S. The molecule has 4 aromatic rings. The van der Waals surface area contributed by atoms with Crippen LogP contribution in [0.5, 0.6) is 0 Å². The van der Waals surface area contributed by atoms with Crippen LogP contribution < -0.4 is 11.0 Å². The summed E-state index contributed by atoms with van der Waals surface area (Å²) in [7, 11) is -4.06. The number of hydrogen-bond donors (Lipinski definition) is 1. The number of halogens is 1. The minimum atomic E-state index is -4.06. The number of nitrogens with zero attached hydrogens (tertiary/aromatic N) is 3. The molecule has 1 N–H and O–H groups in total. The highest BCUT2D eigenvalue weighted by atomic mass is 35.5. The summed E-state index contributed by atoms with van der Waals surface area (Å²) in [6, 6.07) is 11.9. The molecule has 0 bridgehead atoms. The van der Waals surface area contributed by atoms with Gasteiger partial charge in [-0.05, 0) is 55.8 Å². The van der Waals surface area contributed by atoms with Crippen LogP contribution in [0.4, 0.5) is 0 Å². The van der Waals surface area contributed by atoms with Crippen LogP contribution in [-0.2, 0) is 9.84 Å². The highest BCUT2D eigenvalue weighted by Crippen LogP contribution is 2.24. The Morgan fingerprint density at radius 2 is 1.87 bits per heavy atom. The lowest BCUT2D eigenvalue weighted by Gasteiger charge is -2.19. The van der Waals surface area contributed by atoms with Crippen LogP contribution in [0, 0.1) is 5.41 Å². The highest BCUT2D eigenvalue weighted by Gasteiger charge is 2.25. The molecule has 0 amide bonds. The molecule has 3 heterocycles. The zero-order chi connectivity index (χ0) is 21.6. The fourth-order valence-electron chi connectivity index (χ4n) is 3.38. The van der Waals surface area contributed by atoms with E-state index < -0.39 is 9.84 Å². The topological polar surface area (TPSA) is 97.3 Å². The van der Waals surface area contributed by atoms with Crippen LogP contribution in [0.2, 0.25) is 5.02 Å². The van der Waals surface area contributed by atoms with Gasteiger partial charge in [-0.3, -0.25) is 14.6 Å². The van der Waals surface area contributed by atoms with E-state index >= 15 is 0 Å². The van der Waals surface area contributed by atoms with Crippen molar-refractivity contribution in [2.45, 2.75) is 36.1 Å². The van der Waals surface area contributed by atoms with Gasteiger partial charge in [-0.15, -0.1) is 0 Å². The van der Waals surface area contributed by atoms with Crippen LogP contribution >= 0.6 is 11.6 Å². The molecule has 7 nitrogen and oxygen atoms in total. The zero-order valence-corrected chi connectivity index (χ0v) is 17.9. The second kappa shape index (κ2) is 7.37. The van der Waals surface area contributed by atoms with Gasteiger partial charge in [0.25, 0.3) is 5.56 Å². The number of rotatable bonds is 4. The van der Waals surface area contributed by atoms with Crippen LogP contribution in [0.1, 0.15) is 26.3 Å². The molecule has 0 aliphatic heterocycles. The molecule has 0 aliphatic rings. The maximum absolute atomic E-state index is 13.3. The maximum atomic E-state index is 13.3. The third kappa shape index (κ3) is 3.12. The molecule has 3 aromatic heterocycles. The molecule has 0 radical (unpaired) electrons. The molecule has 0 unspecified atom stereocenters. The van der Waals surface area contributed by atoms with Crippen molar-refractivity contribution in [3.63, 3.8) is 0 Å². The molecule has 0 saturated carbocycles. The summed E-state index contributed by atoms with van der Waals surface area (Å²) in [4.78, 5) is 17.5. The van der Waals surface area contributed by atoms with Gasteiger partial charge in [-0.2, -0.15) is 0 Å². The van der Waals surface area contributed by atoms with E-state index in [9.17, 15) is 13.2 Å². The Morgan fingerprint density at radius 1 is 1.17 bits per heavy atom. The largest absolute Gasteiger partial charge is 0.307 e. The summed E-state index contributed by atoms with van der Waals surface area (Å²) in [5.74, 6) is 0. The predicted octanol–water partition coefficient (Wildman–Crippen LogP) is 3.59. The second-order valence-electron chi connectivity index (χ2n) is 7.02. The Kier molecular flexibility index (Phi) is 4.99. The van der Waals surface area contributed by atoms with Gasteiger partial charge in [-0.25, -0.2) is 13.4 Å². The van der Waals surface area contributed by atoms with E-state index in [0.29, 0.717) is 22.7 Å². The fraction of sp³-hybridized carbons (Fsp3) is 0.190. The Labute approximate surface area is 177 Å². The van der Waals surface area contributed by atoms with E-state index in [-0.39, 0.29) is 32.3 Å². The van der Waals surface area contributed by atoms with Crippen molar-refractivity contribution >= 4 is 38.1 Å². The first-order chi connectivity index (χ1) is 14.3. The van der Waals surface area contributed by atoms with Gasteiger partial charge in [0.1, 0.15) is 21.7 Å². The average Bonchev–Trinajstić information content (AvgIpc) is 2.73. The van der Waals surface area contributed by atoms with Crippen molar-refractivity contribution < 1.29 is 8.42 Å². The van der Waals surface area contributed by atoms with Gasteiger partial charge in [0, 0.05) is 17.3 Å². The summed E-state index contributed by atoms with van der Waals surface area (Å²) < 4.78 is 29.6. The summed E-state index contributed by atoms with van der Waals surface area (Å²) in [5, 5.41) is 9.24. The fourth-order valence-corrected chi connectivity index (χ4v) is 4.88. The molecule has 154 valence electrons. The molecule has 30 heavy (non-hydrogen) atoms. The van der Waals surface area contributed by atoms with Crippen molar-refractivity contribution in [3.05, 3.63) is 75.6 Å². The molecular weight excluding hydrogens is 424 g/mol. The lowest BCUT2D eigenvalue weighted by atomic mass is 10.2. The lowest BCUT2D eigenvalue weighted by Crippen LogP contribution is -2.31. The van der Waals surface area contributed by atoms with E-state index in [2.05, 4.69) is 4.98 Å². The smallest absolute Gasteiger partial charge is 0.267 e. The normalized spacial score (nSPS) is 13.0. The van der Waals surface area contributed by atoms with Crippen molar-refractivity contribution in [1.82, 2.24) is 14.0 Å². The predicted molar refractivity (Wildman–Crippen MR) is 115 cm³/mol. The molecule has 0 aliphatic carbocycles. The molecule has 0 spiro atoms. The van der Waals surface area contributed by atoms with Gasteiger partial charge in [0.15, 0.2) is 0 Å². The van der Waals surface area contributed by atoms with E-state index in [1.165, 1.54) is 39.3 Å². The Morgan fingerprint density at radius 3 is 2.53 bits per heavy atom. The quantitative estimate of drug-likeness (QED) is 0.488. The van der Waals surface area contributed by atoms with E-state index in [0.717, 1.165) is 0 Å². The van der Waals surface area contributed by atoms with Gasteiger partial charge in [0.05, 0.1) is 10.3 Å². The van der Waals surface area contributed by atoms with Crippen LogP contribution in [0.25, 0.3) is 16.7 Å². The standard InChI is InChI=1S/C21H19ClN4O3S/c1-3-13(2)26-19(23)17(30(28,29)15-9-7-14(22)8-10-15)12-16-20(26)24-18-6-4-5-11-25(18)21(16)27/h4-13,23H,3H2,1-2H3/t13-/m1/s1. The minimum absolute atomic E-state index is 0.00398. The monoisotopic (exact) mass is 442 g/mol. The van der Waals surface area contributed by atoms with Crippen LogP contribution in [0.15, 0.2) is 69.3 Å². The van der Waals surface area contributed by atoms with Crippen LogP contribution in [0.3, 0.4) is 0 Å². The van der Waals surface area contributed by atoms with Crippen molar-refractivity contribution in [3.8, 4) is 0 Å². The lowest BCUT2D eigenvalue weighted by molar-refractivity contribution is 0.508. The number of pyridine rings is 2. The highest BCUT2D eigenvalue weighted by molar-refractivity contribution is 7.91. The first kappa shape index (κ1) is 20.3. The molecule has 9 heteroatoms. The molecule has 0 fully saturated rings. The molecule has 1 aromatic carbocycles. The van der Waals surface area contributed by atoms with Crippen molar-refractivity contribution in [2.24, 2.45) is 0 Å². The number of benzene rings is 1. The Hall–Kier alpha value is -2.97. The second-order valence-corrected chi connectivity index (χ2v) is 9.38. The third-order valence-electron chi connectivity index (χ3n) is 5.17. The first-order valence-electron chi connectivity index (χ1n) is 9.37. The number of aromatic nitrogens is 3. The summed E-state index contributed by atoms with van der Waals surface area (Å²) in [5.41, 5.74) is 0.125. The van der Waals surface area contributed by atoms with E-state index in [1.807, 2.05) is 13.8 Å². The molecule has 0 saturated heterocycles. The van der Waals surface area contributed by atoms with Gasteiger partial charge >= 0.3 is 0 Å². The van der Waals surface area contributed by atoms with Gasteiger partial charge in [-0.1, -0.05) is 24.6 Å². The number of hydrogen-bond acceptors (Lipinski definition) is 5. The average molecular weight is 443 g/mol. The third-order valence-corrected chi connectivity index (χ3v) is 7.21. The van der Waals surface area contributed by atoms with E-state index in [4.69, 9.17) is 17.0 Å². The summed E-state index contributed by atoms with van der Waals surface area (Å²) >= 11 is 5.89. The van der Waals surface area contributed by atoms with E-state index in [1.54, 1.807) is 24.4 Å². The minimum Gasteiger partial charge on any atom is -0.307 e. The molecule has 4 rings (SSSR count). The summed E-state index contributed by atoms with van der Waals surface area (Å²) in [6.45, 7) is 3.79.